The largest absolute Gasteiger partial charge is 0.331 e. The van der Waals surface area contributed by atoms with Crippen LogP contribution in [0.1, 0.15) is 29.7 Å². The van der Waals surface area contributed by atoms with Gasteiger partial charge < -0.3 is 10.2 Å². The zero-order valence-electron chi connectivity index (χ0n) is 13.8. The first-order valence-corrected chi connectivity index (χ1v) is 7.87. The molecule has 2 aromatic rings. The van der Waals surface area contributed by atoms with Crippen molar-refractivity contribution in [3.8, 4) is 6.07 Å². The molecule has 25 heavy (non-hydrogen) atoms. The van der Waals surface area contributed by atoms with Crippen LogP contribution in [-0.2, 0) is 6.54 Å². The minimum Gasteiger partial charge on any atom is -0.331 e. The molecule has 0 spiro atoms. The van der Waals surface area contributed by atoms with Crippen molar-refractivity contribution in [3.05, 3.63) is 71.3 Å². The van der Waals surface area contributed by atoms with Gasteiger partial charge in [-0.3, -0.25) is 0 Å². The molecule has 0 aliphatic carbocycles. The van der Waals surface area contributed by atoms with Gasteiger partial charge in [0.2, 0.25) is 0 Å². The van der Waals surface area contributed by atoms with E-state index in [2.05, 4.69) is 5.32 Å². The number of nitriles is 1. The number of alkyl halides is 2. The lowest BCUT2D eigenvalue weighted by molar-refractivity contribution is 0.0949. The van der Waals surface area contributed by atoms with Crippen molar-refractivity contribution in [2.45, 2.75) is 25.9 Å². The number of carbonyl (C=O) groups excluding carboxylic acids is 1. The molecule has 1 atom stereocenters. The Bertz CT molecular complexity index is 744. The lowest BCUT2D eigenvalue weighted by atomic mass is 10.1. The number of rotatable bonds is 6. The van der Waals surface area contributed by atoms with Gasteiger partial charge in [0.1, 0.15) is 0 Å². The summed E-state index contributed by atoms with van der Waals surface area (Å²) in [4.78, 5) is 13.5. The third-order valence-electron chi connectivity index (χ3n) is 3.72. The molecule has 1 unspecified atom stereocenters. The van der Waals surface area contributed by atoms with E-state index < -0.39 is 25.0 Å². The van der Waals surface area contributed by atoms with Gasteiger partial charge in [0.05, 0.1) is 24.2 Å². The zero-order chi connectivity index (χ0) is 18.2. The third-order valence-corrected chi connectivity index (χ3v) is 3.72. The maximum absolute atomic E-state index is 12.8. The zero-order valence-corrected chi connectivity index (χ0v) is 13.8. The summed E-state index contributed by atoms with van der Waals surface area (Å²) in [5, 5.41) is 11.7. The summed E-state index contributed by atoms with van der Waals surface area (Å²) in [5.74, 6) is 0. The molecular weight excluding hydrogens is 324 g/mol. The van der Waals surface area contributed by atoms with Crippen LogP contribution in [-0.4, -0.2) is 23.9 Å². The van der Waals surface area contributed by atoms with Crippen LogP contribution in [0.4, 0.5) is 13.6 Å². The van der Waals surface area contributed by atoms with E-state index in [4.69, 9.17) is 5.26 Å². The molecule has 0 saturated carbocycles. The first-order chi connectivity index (χ1) is 12.0. The Morgan fingerprint density at radius 3 is 2.56 bits per heavy atom. The highest BCUT2D eigenvalue weighted by atomic mass is 19.3. The molecule has 130 valence electrons. The Balaban J connectivity index is 2.08. The van der Waals surface area contributed by atoms with Crippen LogP contribution in [0.25, 0.3) is 0 Å². The summed E-state index contributed by atoms with van der Waals surface area (Å²) in [6, 6.07) is 16.9. The molecule has 0 aromatic heterocycles. The van der Waals surface area contributed by atoms with Crippen LogP contribution in [0, 0.1) is 11.3 Å². The Morgan fingerprint density at radius 2 is 1.92 bits per heavy atom. The summed E-state index contributed by atoms with van der Waals surface area (Å²) in [5.41, 5.74) is 1.99. The molecule has 0 fully saturated rings. The lowest BCUT2D eigenvalue weighted by Crippen LogP contribution is -2.42. The number of nitrogens with zero attached hydrogens (tertiary/aromatic N) is 2. The van der Waals surface area contributed by atoms with Gasteiger partial charge in [-0.05, 0) is 30.2 Å². The topological polar surface area (TPSA) is 56.1 Å². The predicted octanol–water partition coefficient (Wildman–Crippen LogP) is 4.10. The van der Waals surface area contributed by atoms with Gasteiger partial charge in [0.25, 0.3) is 6.43 Å². The average Bonchev–Trinajstić information content (AvgIpc) is 2.61. The monoisotopic (exact) mass is 343 g/mol. The number of halogens is 2. The summed E-state index contributed by atoms with van der Waals surface area (Å²) >= 11 is 0. The number of hydrogen-bond donors (Lipinski definition) is 1. The second-order valence-electron chi connectivity index (χ2n) is 5.67. The quantitative estimate of drug-likeness (QED) is 0.859. The summed E-state index contributed by atoms with van der Waals surface area (Å²) in [7, 11) is 0. The van der Waals surface area contributed by atoms with E-state index in [1.807, 2.05) is 12.1 Å². The molecule has 2 aromatic carbocycles. The van der Waals surface area contributed by atoms with E-state index in [0.29, 0.717) is 5.56 Å². The van der Waals surface area contributed by atoms with Gasteiger partial charge in [-0.2, -0.15) is 5.26 Å². The minimum absolute atomic E-state index is 0.0992. The van der Waals surface area contributed by atoms with E-state index in [0.717, 1.165) is 16.0 Å². The SMILES string of the molecule is CC(NC(=O)N(Cc1ccccc1)CC(F)F)c1cccc(C#N)c1. The molecule has 0 radical (unpaired) electrons. The number of amides is 2. The summed E-state index contributed by atoms with van der Waals surface area (Å²) in [6.07, 6.45) is -2.62. The van der Waals surface area contributed by atoms with Gasteiger partial charge in [0, 0.05) is 6.54 Å². The number of hydrogen-bond acceptors (Lipinski definition) is 2. The summed E-state index contributed by atoms with van der Waals surface area (Å²) in [6.45, 7) is 1.20. The number of urea groups is 1. The third kappa shape index (κ3) is 5.57. The van der Waals surface area contributed by atoms with Crippen molar-refractivity contribution in [3.63, 3.8) is 0 Å². The fourth-order valence-corrected chi connectivity index (χ4v) is 2.43. The standard InChI is InChI=1S/C19H19F2N3O/c1-14(17-9-5-8-16(10-17)11-22)23-19(25)24(13-18(20)21)12-15-6-3-2-4-7-15/h2-10,14,18H,12-13H2,1H3,(H,23,25). The molecule has 1 N–H and O–H groups in total. The van der Waals surface area contributed by atoms with Crippen molar-refractivity contribution in [2.75, 3.05) is 6.54 Å². The van der Waals surface area contributed by atoms with Gasteiger partial charge in [-0.25, -0.2) is 13.6 Å². The molecule has 6 heteroatoms. The molecule has 0 saturated heterocycles. The maximum Gasteiger partial charge on any atom is 0.318 e. The molecule has 0 aliphatic rings. The van der Waals surface area contributed by atoms with Gasteiger partial charge in [-0.1, -0.05) is 42.5 Å². The molecule has 0 heterocycles. The highest BCUT2D eigenvalue weighted by molar-refractivity contribution is 5.74. The molecule has 0 aliphatic heterocycles. The van der Waals surface area contributed by atoms with Crippen LogP contribution in [0.5, 0.6) is 0 Å². The summed E-state index contributed by atoms with van der Waals surface area (Å²) < 4.78 is 25.7. The Hall–Kier alpha value is -2.94. The van der Waals surface area contributed by atoms with Crippen molar-refractivity contribution in [2.24, 2.45) is 0 Å². The van der Waals surface area contributed by atoms with Crippen LogP contribution < -0.4 is 5.32 Å². The first kappa shape index (κ1) is 18.4. The molecule has 2 rings (SSSR count). The lowest BCUT2D eigenvalue weighted by Gasteiger charge is -2.25. The Morgan fingerprint density at radius 1 is 1.20 bits per heavy atom. The van der Waals surface area contributed by atoms with Crippen molar-refractivity contribution >= 4 is 6.03 Å². The Kier molecular flexibility index (Phi) is 6.47. The second-order valence-corrected chi connectivity index (χ2v) is 5.67. The highest BCUT2D eigenvalue weighted by Gasteiger charge is 2.20. The van der Waals surface area contributed by atoms with E-state index in [1.54, 1.807) is 55.5 Å². The molecule has 4 nitrogen and oxygen atoms in total. The van der Waals surface area contributed by atoms with Gasteiger partial charge in [-0.15, -0.1) is 0 Å². The fourth-order valence-electron chi connectivity index (χ4n) is 2.43. The average molecular weight is 343 g/mol. The maximum atomic E-state index is 12.8. The number of nitrogens with one attached hydrogen (secondary N) is 1. The van der Waals surface area contributed by atoms with Gasteiger partial charge >= 0.3 is 6.03 Å². The van der Waals surface area contributed by atoms with E-state index in [1.165, 1.54) is 0 Å². The molecule has 2 amide bonds. The first-order valence-electron chi connectivity index (χ1n) is 7.87. The van der Waals surface area contributed by atoms with Crippen LogP contribution >= 0.6 is 0 Å². The normalized spacial score (nSPS) is 11.6. The smallest absolute Gasteiger partial charge is 0.318 e. The fraction of sp³-hybridized carbons (Fsp3) is 0.263. The molecule has 0 bridgehead atoms. The predicted molar refractivity (Wildman–Crippen MR) is 91.0 cm³/mol. The van der Waals surface area contributed by atoms with Crippen molar-refractivity contribution in [1.29, 1.82) is 5.26 Å². The highest BCUT2D eigenvalue weighted by Crippen LogP contribution is 2.15. The Labute approximate surface area is 145 Å². The van der Waals surface area contributed by atoms with E-state index in [9.17, 15) is 13.6 Å². The van der Waals surface area contributed by atoms with Crippen LogP contribution in [0.15, 0.2) is 54.6 Å². The number of carbonyl (C=O) groups is 1. The van der Waals surface area contributed by atoms with E-state index >= 15 is 0 Å². The van der Waals surface area contributed by atoms with Crippen molar-refractivity contribution < 1.29 is 13.6 Å². The van der Waals surface area contributed by atoms with Crippen molar-refractivity contribution in [1.82, 2.24) is 10.2 Å². The van der Waals surface area contributed by atoms with E-state index in [-0.39, 0.29) is 6.54 Å². The van der Waals surface area contributed by atoms with Gasteiger partial charge in [0.15, 0.2) is 0 Å². The number of benzene rings is 2. The second kappa shape index (κ2) is 8.78. The molecular formula is C19H19F2N3O. The van der Waals surface area contributed by atoms with Crippen LogP contribution in [0.3, 0.4) is 0 Å². The van der Waals surface area contributed by atoms with Crippen LogP contribution in [0.2, 0.25) is 0 Å². The minimum atomic E-state index is -2.62.